The number of hydrogen-bond donors (Lipinski definition) is 0. The van der Waals surface area contributed by atoms with E-state index in [-0.39, 0.29) is 5.78 Å². The van der Waals surface area contributed by atoms with Gasteiger partial charge in [-0.05, 0) is 18.2 Å². The molecule has 0 N–H and O–H groups in total. The molecule has 0 saturated carbocycles. The maximum Gasteiger partial charge on any atom is 0.169 e. The highest BCUT2D eigenvalue weighted by Gasteiger charge is 2.11. The molecule has 0 radical (unpaired) electrons. The Labute approximate surface area is 120 Å². The fourth-order valence-electron chi connectivity index (χ4n) is 2.02. The Hall–Kier alpha value is -2.20. The molecule has 100 valence electrons. The molecule has 0 aliphatic heterocycles. The third-order valence-electron chi connectivity index (χ3n) is 3.05. The topological polar surface area (TPSA) is 39.2 Å². The molecule has 1 heterocycles. The summed E-state index contributed by atoms with van der Waals surface area (Å²) in [7, 11) is 1.64. The normalized spacial score (nSPS) is 10.7. The number of ether oxygens (including phenoxy) is 1. The number of carbonyl (C=O) groups is 1. The van der Waals surface area contributed by atoms with Gasteiger partial charge in [0.15, 0.2) is 5.78 Å². The van der Waals surface area contributed by atoms with Crippen LogP contribution in [0.25, 0.3) is 10.2 Å². The molecular weight excluding hydrogens is 270 g/mol. The van der Waals surface area contributed by atoms with E-state index in [9.17, 15) is 4.79 Å². The molecule has 0 unspecified atom stereocenters. The van der Waals surface area contributed by atoms with Crippen molar-refractivity contribution in [3.8, 4) is 5.75 Å². The minimum Gasteiger partial charge on any atom is -0.497 e. The molecule has 0 aliphatic carbocycles. The molecule has 3 nitrogen and oxygen atoms in total. The number of thiazole rings is 1. The Kier molecular flexibility index (Phi) is 3.48. The Balaban J connectivity index is 1.86. The summed E-state index contributed by atoms with van der Waals surface area (Å²) in [5, 5.41) is 0.835. The van der Waals surface area contributed by atoms with Gasteiger partial charge in [0.25, 0.3) is 0 Å². The number of rotatable bonds is 4. The van der Waals surface area contributed by atoms with Crippen LogP contribution in [0, 0.1) is 0 Å². The van der Waals surface area contributed by atoms with Crippen molar-refractivity contribution in [1.29, 1.82) is 0 Å². The minimum absolute atomic E-state index is 0.0941. The molecule has 0 atom stereocenters. The van der Waals surface area contributed by atoms with Crippen molar-refractivity contribution >= 4 is 27.3 Å². The second-order valence-electron chi connectivity index (χ2n) is 4.41. The number of hydrogen-bond acceptors (Lipinski definition) is 4. The summed E-state index contributed by atoms with van der Waals surface area (Å²) in [6.45, 7) is 0. The van der Waals surface area contributed by atoms with E-state index >= 15 is 0 Å². The molecule has 0 spiro atoms. The van der Waals surface area contributed by atoms with E-state index in [0.29, 0.717) is 6.42 Å². The van der Waals surface area contributed by atoms with Gasteiger partial charge in [-0.2, -0.15) is 0 Å². The second kappa shape index (κ2) is 5.43. The first-order valence-electron chi connectivity index (χ1n) is 6.28. The molecule has 0 aliphatic rings. The lowest BCUT2D eigenvalue weighted by Crippen LogP contribution is -2.02. The summed E-state index contributed by atoms with van der Waals surface area (Å²) in [5.74, 6) is 0.902. The number of ketones is 1. The molecule has 1 aromatic heterocycles. The molecule has 20 heavy (non-hydrogen) atoms. The van der Waals surface area contributed by atoms with Crippen molar-refractivity contribution in [2.24, 2.45) is 0 Å². The lowest BCUT2D eigenvalue weighted by atomic mass is 10.1. The summed E-state index contributed by atoms with van der Waals surface area (Å²) >= 11 is 1.54. The monoisotopic (exact) mass is 283 g/mol. The van der Waals surface area contributed by atoms with Gasteiger partial charge in [-0.3, -0.25) is 4.79 Å². The molecule has 3 aromatic rings. The van der Waals surface area contributed by atoms with Gasteiger partial charge in [0.05, 0.1) is 23.7 Å². The van der Waals surface area contributed by atoms with E-state index in [4.69, 9.17) is 4.74 Å². The fourth-order valence-corrected chi connectivity index (χ4v) is 3.01. The van der Waals surface area contributed by atoms with Crippen LogP contribution in [0.3, 0.4) is 0 Å². The van der Waals surface area contributed by atoms with Crippen molar-refractivity contribution in [1.82, 2.24) is 4.98 Å². The van der Waals surface area contributed by atoms with E-state index in [1.165, 1.54) is 11.3 Å². The van der Waals surface area contributed by atoms with Gasteiger partial charge in [0, 0.05) is 5.56 Å². The highest BCUT2D eigenvalue weighted by atomic mass is 32.1. The van der Waals surface area contributed by atoms with Crippen molar-refractivity contribution in [2.75, 3.05) is 7.11 Å². The van der Waals surface area contributed by atoms with E-state index in [1.807, 2.05) is 48.5 Å². The first-order chi connectivity index (χ1) is 9.76. The standard InChI is InChI=1S/C16H13NO2S/c1-19-12-7-8-13-15(9-12)20-16(17-13)10-14(18)11-5-3-2-4-6-11/h2-9H,10H2,1H3. The average Bonchev–Trinajstić information content (AvgIpc) is 2.89. The lowest BCUT2D eigenvalue weighted by Gasteiger charge is -1.97. The first kappa shape index (κ1) is 12.8. The number of fused-ring (bicyclic) bond motifs is 1. The zero-order valence-corrected chi connectivity index (χ0v) is 11.8. The quantitative estimate of drug-likeness (QED) is 0.685. The van der Waals surface area contributed by atoms with E-state index < -0.39 is 0 Å². The minimum atomic E-state index is 0.0941. The molecule has 0 bridgehead atoms. The van der Waals surface area contributed by atoms with Crippen LogP contribution in [0.5, 0.6) is 5.75 Å². The first-order valence-corrected chi connectivity index (χ1v) is 7.09. The zero-order chi connectivity index (χ0) is 13.9. The van der Waals surface area contributed by atoms with Gasteiger partial charge in [0.1, 0.15) is 10.8 Å². The van der Waals surface area contributed by atoms with Crippen LogP contribution in [0.4, 0.5) is 0 Å². The molecular formula is C16H13NO2S. The van der Waals surface area contributed by atoms with Crippen LogP contribution in [0.15, 0.2) is 48.5 Å². The van der Waals surface area contributed by atoms with Gasteiger partial charge in [-0.25, -0.2) is 4.98 Å². The summed E-state index contributed by atoms with van der Waals surface area (Å²) in [5.41, 5.74) is 1.64. The molecule has 0 fully saturated rings. The number of nitrogens with zero attached hydrogens (tertiary/aromatic N) is 1. The molecule has 0 saturated heterocycles. The second-order valence-corrected chi connectivity index (χ2v) is 5.52. The molecule has 4 heteroatoms. The third kappa shape index (κ3) is 2.56. The van der Waals surface area contributed by atoms with Crippen molar-refractivity contribution < 1.29 is 9.53 Å². The molecule has 0 amide bonds. The number of aromatic nitrogens is 1. The Morgan fingerprint density at radius 2 is 2.00 bits per heavy atom. The fraction of sp³-hybridized carbons (Fsp3) is 0.125. The van der Waals surface area contributed by atoms with Gasteiger partial charge in [-0.15, -0.1) is 11.3 Å². The van der Waals surface area contributed by atoms with Crippen molar-refractivity contribution in [3.63, 3.8) is 0 Å². The van der Waals surface area contributed by atoms with E-state index in [0.717, 1.165) is 26.5 Å². The zero-order valence-electron chi connectivity index (χ0n) is 11.0. The third-order valence-corrected chi connectivity index (χ3v) is 4.07. The predicted molar refractivity (Wildman–Crippen MR) is 80.6 cm³/mol. The number of carbonyl (C=O) groups excluding carboxylic acids is 1. The summed E-state index contributed by atoms with van der Waals surface area (Å²) in [4.78, 5) is 16.7. The maximum atomic E-state index is 12.2. The highest BCUT2D eigenvalue weighted by molar-refractivity contribution is 7.18. The average molecular weight is 283 g/mol. The van der Waals surface area contributed by atoms with Crippen LogP contribution in [0.2, 0.25) is 0 Å². The SMILES string of the molecule is COc1ccc2nc(CC(=O)c3ccccc3)sc2c1. The van der Waals surface area contributed by atoms with Crippen molar-refractivity contribution in [3.05, 3.63) is 59.1 Å². The van der Waals surface area contributed by atoms with Crippen LogP contribution in [0.1, 0.15) is 15.4 Å². The van der Waals surface area contributed by atoms with Gasteiger partial charge in [-0.1, -0.05) is 30.3 Å². The largest absolute Gasteiger partial charge is 0.497 e. The Morgan fingerprint density at radius 1 is 1.20 bits per heavy atom. The smallest absolute Gasteiger partial charge is 0.169 e. The van der Waals surface area contributed by atoms with E-state index in [1.54, 1.807) is 7.11 Å². The Morgan fingerprint density at radius 3 is 2.75 bits per heavy atom. The highest BCUT2D eigenvalue weighted by Crippen LogP contribution is 2.27. The molecule has 2 aromatic carbocycles. The predicted octanol–water partition coefficient (Wildman–Crippen LogP) is 3.73. The summed E-state index contributed by atoms with van der Waals surface area (Å²) < 4.78 is 6.24. The number of methoxy groups -OCH3 is 1. The Bertz CT molecular complexity index is 750. The van der Waals surface area contributed by atoms with Crippen LogP contribution in [-0.2, 0) is 6.42 Å². The number of Topliss-reactive ketones (excluding diaryl/α,β-unsaturated/α-hetero) is 1. The summed E-state index contributed by atoms with van der Waals surface area (Å²) in [6.07, 6.45) is 0.339. The molecule has 3 rings (SSSR count). The maximum absolute atomic E-state index is 12.2. The van der Waals surface area contributed by atoms with Gasteiger partial charge in [0.2, 0.25) is 0 Å². The van der Waals surface area contributed by atoms with Gasteiger partial charge >= 0.3 is 0 Å². The van der Waals surface area contributed by atoms with E-state index in [2.05, 4.69) is 4.98 Å². The van der Waals surface area contributed by atoms with Crippen molar-refractivity contribution in [2.45, 2.75) is 6.42 Å². The van der Waals surface area contributed by atoms with Crippen LogP contribution in [-0.4, -0.2) is 17.9 Å². The number of benzene rings is 2. The van der Waals surface area contributed by atoms with Crippen LogP contribution < -0.4 is 4.74 Å². The summed E-state index contributed by atoms with van der Waals surface area (Å²) in [6, 6.07) is 15.1. The van der Waals surface area contributed by atoms with Crippen LogP contribution >= 0.6 is 11.3 Å². The lowest BCUT2D eigenvalue weighted by molar-refractivity contribution is 0.0993. The van der Waals surface area contributed by atoms with Gasteiger partial charge < -0.3 is 4.74 Å².